The van der Waals surface area contributed by atoms with Crippen molar-refractivity contribution in [2.24, 2.45) is 0 Å². The van der Waals surface area contributed by atoms with Crippen LogP contribution in [0.15, 0.2) is 105 Å². The number of rotatable bonds is 10. The molecule has 0 heterocycles. The third-order valence-corrected chi connectivity index (χ3v) is 14.0. The fourth-order valence-electron chi connectivity index (χ4n) is 7.59. The van der Waals surface area contributed by atoms with E-state index < -0.39 is 37.0 Å². The molecule has 330 valence electrons. The van der Waals surface area contributed by atoms with Gasteiger partial charge in [-0.1, -0.05) is 24.3 Å². The number of carbonyl (C=O) groups excluding carboxylic acids is 2. The van der Waals surface area contributed by atoms with Gasteiger partial charge in [-0.2, -0.15) is 0 Å². The number of hydrogen-bond acceptors (Lipinski definition) is 10. The Hall–Kier alpha value is -5.08. The quantitative estimate of drug-likeness (QED) is 0.163. The van der Waals surface area contributed by atoms with E-state index in [0.29, 0.717) is 24.6 Å². The van der Waals surface area contributed by atoms with Crippen LogP contribution in [0.2, 0.25) is 0 Å². The Morgan fingerprint density at radius 2 is 1.08 bits per heavy atom. The molecule has 12 nitrogen and oxygen atoms in total. The van der Waals surface area contributed by atoms with Gasteiger partial charge < -0.3 is 29.2 Å². The molecule has 0 saturated heterocycles. The summed E-state index contributed by atoms with van der Waals surface area (Å²) in [4.78, 5) is 26.9. The van der Waals surface area contributed by atoms with Gasteiger partial charge in [0.05, 0.1) is 33.8 Å². The molecule has 2 aliphatic carbocycles. The topological polar surface area (TPSA) is 155 Å². The molecule has 2 aliphatic rings. The van der Waals surface area contributed by atoms with Crippen LogP contribution >= 0.6 is 0 Å². The first-order valence-corrected chi connectivity index (χ1v) is 23.5. The van der Waals surface area contributed by atoms with E-state index in [1.807, 2.05) is 53.7 Å². The second-order valence-electron chi connectivity index (χ2n) is 17.5. The zero-order chi connectivity index (χ0) is 44.8. The maximum Gasteiger partial charge on any atom is 0.410 e. The van der Waals surface area contributed by atoms with Crippen molar-refractivity contribution in [3.05, 3.63) is 107 Å². The molecule has 0 fully saturated rings. The number of hydrogen-bond donors (Lipinski definition) is 1. The van der Waals surface area contributed by atoms with E-state index in [9.17, 15) is 26.4 Å². The number of aryl methyl sites for hydroxylation is 2. The Balaban J connectivity index is 0.000000231. The van der Waals surface area contributed by atoms with Gasteiger partial charge in [0.1, 0.15) is 22.7 Å². The minimum absolute atomic E-state index is 0.134. The number of fused-ring (bicyclic) bond motifs is 2. The lowest BCUT2D eigenvalue weighted by Gasteiger charge is -2.31. The van der Waals surface area contributed by atoms with Gasteiger partial charge in [-0.05, 0) is 163 Å². The van der Waals surface area contributed by atoms with Gasteiger partial charge in [-0.25, -0.2) is 26.4 Å². The molecule has 6 rings (SSSR count). The second kappa shape index (κ2) is 19.3. The van der Waals surface area contributed by atoms with Crippen molar-refractivity contribution in [2.75, 3.05) is 34.4 Å². The number of benzene rings is 4. The number of nitrogens with one attached hydrogen (secondary N) is 1. The van der Waals surface area contributed by atoms with Crippen molar-refractivity contribution < 1.29 is 45.4 Å². The van der Waals surface area contributed by atoms with Crippen LogP contribution in [0.5, 0.6) is 11.5 Å². The van der Waals surface area contributed by atoms with Crippen molar-refractivity contribution in [3.63, 3.8) is 0 Å². The van der Waals surface area contributed by atoms with Crippen LogP contribution in [0.3, 0.4) is 0 Å². The first-order chi connectivity index (χ1) is 28.6. The Labute approximate surface area is 361 Å². The van der Waals surface area contributed by atoms with Gasteiger partial charge in [0.2, 0.25) is 19.7 Å². The van der Waals surface area contributed by atoms with E-state index in [4.69, 9.17) is 18.9 Å². The molecule has 61 heavy (non-hydrogen) atoms. The summed E-state index contributed by atoms with van der Waals surface area (Å²) in [6.07, 6.45) is 4.62. The van der Waals surface area contributed by atoms with E-state index in [0.717, 1.165) is 60.8 Å². The van der Waals surface area contributed by atoms with E-state index in [1.54, 1.807) is 72.6 Å². The molecular weight excluding hydrogens is 817 g/mol. The molecule has 0 aromatic heterocycles. The van der Waals surface area contributed by atoms with Crippen molar-refractivity contribution >= 4 is 31.9 Å². The van der Waals surface area contributed by atoms with Gasteiger partial charge in [0.25, 0.3) is 0 Å². The van der Waals surface area contributed by atoms with Gasteiger partial charge in [-0.15, -0.1) is 0 Å². The zero-order valence-corrected chi connectivity index (χ0v) is 38.4. The molecule has 0 radical (unpaired) electrons. The first-order valence-electron chi connectivity index (χ1n) is 20.6. The summed E-state index contributed by atoms with van der Waals surface area (Å²) in [6.45, 7) is 12.0. The predicted molar refractivity (Wildman–Crippen MR) is 234 cm³/mol. The summed E-state index contributed by atoms with van der Waals surface area (Å²) in [5.74, 6) is 1.29. The van der Waals surface area contributed by atoms with E-state index in [1.165, 1.54) is 26.4 Å². The lowest BCUT2D eigenvalue weighted by Crippen LogP contribution is -2.37. The third-order valence-electron chi connectivity index (χ3n) is 10.5. The highest BCUT2D eigenvalue weighted by Gasteiger charge is 2.29. The summed E-state index contributed by atoms with van der Waals surface area (Å²) in [5, 5.41) is 2.84. The van der Waals surface area contributed by atoms with Crippen LogP contribution < -0.4 is 14.8 Å². The molecule has 14 heteroatoms. The maximum atomic E-state index is 13.1. The van der Waals surface area contributed by atoms with Crippen molar-refractivity contribution in [3.8, 4) is 11.5 Å². The molecule has 0 spiro atoms. The molecule has 4 aromatic rings. The number of alkyl carbamates (subject to hydrolysis) is 1. The lowest BCUT2D eigenvalue weighted by atomic mass is 9.82. The van der Waals surface area contributed by atoms with Gasteiger partial charge in [0.15, 0.2) is 0 Å². The van der Waals surface area contributed by atoms with Crippen molar-refractivity contribution in [2.45, 2.75) is 123 Å². The van der Waals surface area contributed by atoms with E-state index in [2.05, 4.69) is 5.32 Å². The number of methoxy groups -OCH3 is 2. The van der Waals surface area contributed by atoms with Gasteiger partial charge in [-0.3, -0.25) is 0 Å². The second-order valence-corrected chi connectivity index (χ2v) is 21.4. The molecule has 2 atom stereocenters. The zero-order valence-electron chi connectivity index (χ0n) is 36.7. The van der Waals surface area contributed by atoms with E-state index >= 15 is 0 Å². The standard InChI is InChI=1S/C24H31NO5S.C23H29NO5S/c1-24(2,3)30-23(26)25(4)16-18-9-6-8-17-14-21(12-13-22(17)18)31(27,28)20-11-7-10-19(15-20)29-5;1-23(2,3)29-22(25)24-15-17-8-5-7-16-13-20(11-12-21(16)17)30(26,27)19-10-6-9-18(14-19)28-4/h7,10-15,18H,6,8-9,16H2,1-5H3;6,9-14,17H,5,7-8,15H2,1-4H3,(H,24,25)/t18-;17-/m00/s1. The van der Waals surface area contributed by atoms with Crippen molar-refractivity contribution in [1.82, 2.24) is 10.2 Å². The highest BCUT2D eigenvalue weighted by atomic mass is 32.2. The summed E-state index contributed by atoms with van der Waals surface area (Å²) in [7, 11) is -2.52. The Kier molecular flexibility index (Phi) is 14.9. The Morgan fingerprint density at radius 1 is 0.639 bits per heavy atom. The number of likely N-dealkylation sites (N-methyl/N-ethyl adjacent to an activating group) is 1. The molecule has 2 amide bonds. The fourth-order valence-corrected chi connectivity index (χ4v) is 10.3. The number of amides is 2. The summed E-state index contributed by atoms with van der Waals surface area (Å²) in [5.41, 5.74) is 3.14. The van der Waals surface area contributed by atoms with Crippen LogP contribution in [-0.4, -0.2) is 79.5 Å². The largest absolute Gasteiger partial charge is 0.497 e. The average Bonchev–Trinajstić information content (AvgIpc) is 3.21. The SMILES string of the molecule is COc1cccc(S(=O)(=O)c2ccc3c(c2)CCC[C@H]3CN(C)C(=O)OC(C)(C)C)c1.COc1cccc(S(=O)(=O)c2ccc3c(c2)CCC[C@H]3CNC(=O)OC(C)(C)C)c1. The smallest absolute Gasteiger partial charge is 0.410 e. The number of sulfone groups is 2. The van der Waals surface area contributed by atoms with Crippen molar-refractivity contribution in [1.29, 1.82) is 0 Å². The summed E-state index contributed by atoms with van der Waals surface area (Å²) in [6, 6.07) is 23.6. The minimum Gasteiger partial charge on any atom is -0.497 e. The van der Waals surface area contributed by atoms with Crippen LogP contribution in [0.25, 0.3) is 0 Å². The van der Waals surface area contributed by atoms with Gasteiger partial charge in [0, 0.05) is 32.0 Å². The highest BCUT2D eigenvalue weighted by molar-refractivity contribution is 7.91. The number of ether oxygens (including phenoxy) is 4. The number of carbonyl (C=O) groups is 2. The van der Waals surface area contributed by atoms with E-state index in [-0.39, 0.29) is 37.5 Å². The molecule has 0 bridgehead atoms. The minimum atomic E-state index is -3.64. The molecule has 0 unspecified atom stereocenters. The monoisotopic (exact) mass is 876 g/mol. The summed E-state index contributed by atoms with van der Waals surface area (Å²) >= 11 is 0. The Bertz CT molecular complexity index is 2420. The predicted octanol–water partition coefficient (Wildman–Crippen LogP) is 9.29. The maximum absolute atomic E-state index is 13.1. The number of nitrogens with zero attached hydrogens (tertiary/aromatic N) is 1. The third kappa shape index (κ3) is 12.3. The normalized spacial score (nSPS) is 16.4. The average molecular weight is 877 g/mol. The van der Waals surface area contributed by atoms with Crippen LogP contribution in [0, 0.1) is 0 Å². The molecule has 0 saturated carbocycles. The lowest BCUT2D eigenvalue weighted by molar-refractivity contribution is 0.0285. The molecular formula is C47H60N2O10S2. The molecule has 1 N–H and O–H groups in total. The molecule has 0 aliphatic heterocycles. The van der Waals surface area contributed by atoms with Gasteiger partial charge >= 0.3 is 12.2 Å². The molecule has 4 aromatic carbocycles. The first kappa shape index (κ1) is 47.0. The summed E-state index contributed by atoms with van der Waals surface area (Å²) < 4.78 is 73.6. The highest BCUT2D eigenvalue weighted by Crippen LogP contribution is 2.36. The Morgan fingerprint density at radius 3 is 1.54 bits per heavy atom. The van der Waals surface area contributed by atoms with Crippen LogP contribution in [-0.2, 0) is 42.0 Å². The van der Waals surface area contributed by atoms with Crippen LogP contribution in [0.1, 0.15) is 101 Å². The fraction of sp³-hybridized carbons (Fsp3) is 0.447. The van der Waals surface area contributed by atoms with Crippen LogP contribution in [0.4, 0.5) is 9.59 Å².